The van der Waals surface area contributed by atoms with Gasteiger partial charge in [-0.25, -0.2) is 22.8 Å². The number of aromatic nitrogens is 1. The van der Waals surface area contributed by atoms with E-state index in [1.807, 2.05) is 5.32 Å². The Balaban J connectivity index is 2.05. The Labute approximate surface area is 157 Å². The maximum atomic E-state index is 13.5. The van der Waals surface area contributed by atoms with Crippen LogP contribution in [0.15, 0.2) is 12.1 Å². The molecule has 0 aliphatic heterocycles. The number of benzene rings is 1. The molecule has 0 radical (unpaired) electrons. The normalized spacial score (nSPS) is 10.5. The van der Waals surface area contributed by atoms with Gasteiger partial charge < -0.3 is 19.8 Å². The van der Waals surface area contributed by atoms with Crippen LogP contribution in [-0.2, 0) is 14.3 Å². The predicted octanol–water partition coefficient (Wildman–Crippen LogP) is 3.02. The number of hydrogen-bond donors (Lipinski definition) is 2. The summed E-state index contributed by atoms with van der Waals surface area (Å²) in [6.07, 6.45) is 0. The van der Waals surface area contributed by atoms with E-state index < -0.39 is 47.6 Å². The molecule has 7 nitrogen and oxygen atoms in total. The summed E-state index contributed by atoms with van der Waals surface area (Å²) in [6.45, 7) is 4.01. The zero-order valence-electron chi connectivity index (χ0n) is 15.2. The van der Waals surface area contributed by atoms with Crippen molar-refractivity contribution in [3.05, 3.63) is 52.1 Å². The molecule has 0 saturated heterocycles. The van der Waals surface area contributed by atoms with E-state index in [4.69, 9.17) is 9.47 Å². The van der Waals surface area contributed by atoms with E-state index in [9.17, 15) is 27.6 Å². The van der Waals surface area contributed by atoms with Gasteiger partial charge in [-0.15, -0.1) is 0 Å². The molecular formula is C18H17F3N2O5. The van der Waals surface area contributed by atoms with Crippen molar-refractivity contribution in [1.29, 1.82) is 0 Å². The Hall–Kier alpha value is -3.30. The minimum Gasteiger partial charge on any atom is -0.461 e. The van der Waals surface area contributed by atoms with Gasteiger partial charge in [0.2, 0.25) is 0 Å². The number of carbonyl (C=O) groups is 3. The molecule has 0 bridgehead atoms. The van der Waals surface area contributed by atoms with Crippen molar-refractivity contribution in [2.45, 2.75) is 20.8 Å². The van der Waals surface area contributed by atoms with Crippen LogP contribution in [0, 0.1) is 31.3 Å². The number of carbonyl (C=O) groups excluding carboxylic acids is 3. The number of rotatable bonds is 6. The van der Waals surface area contributed by atoms with Crippen molar-refractivity contribution >= 4 is 23.5 Å². The summed E-state index contributed by atoms with van der Waals surface area (Å²) in [5.74, 6) is -7.22. The van der Waals surface area contributed by atoms with Crippen LogP contribution in [0.5, 0.6) is 0 Å². The van der Waals surface area contributed by atoms with E-state index in [0.29, 0.717) is 11.8 Å². The summed E-state index contributed by atoms with van der Waals surface area (Å²) in [5, 5.41) is 1.97. The Morgan fingerprint density at radius 2 is 1.71 bits per heavy atom. The highest BCUT2D eigenvalue weighted by Crippen LogP contribution is 2.21. The molecule has 0 fully saturated rings. The van der Waals surface area contributed by atoms with Crippen molar-refractivity contribution in [2.75, 3.05) is 18.5 Å². The lowest BCUT2D eigenvalue weighted by Crippen LogP contribution is -2.22. The summed E-state index contributed by atoms with van der Waals surface area (Å²) in [4.78, 5) is 38.6. The minimum absolute atomic E-state index is 0.0508. The molecule has 1 amide bonds. The van der Waals surface area contributed by atoms with Crippen molar-refractivity contribution in [2.24, 2.45) is 0 Å². The number of esters is 2. The zero-order valence-corrected chi connectivity index (χ0v) is 15.2. The van der Waals surface area contributed by atoms with Crippen molar-refractivity contribution < 1.29 is 37.0 Å². The Bertz CT molecular complexity index is 940. The smallest absolute Gasteiger partial charge is 0.355 e. The van der Waals surface area contributed by atoms with Crippen LogP contribution in [0.4, 0.5) is 18.9 Å². The maximum absolute atomic E-state index is 13.5. The van der Waals surface area contributed by atoms with Crippen LogP contribution in [0.2, 0.25) is 0 Å². The molecule has 0 unspecified atom stereocenters. The topological polar surface area (TPSA) is 97.5 Å². The lowest BCUT2D eigenvalue weighted by Gasteiger charge is -2.08. The van der Waals surface area contributed by atoms with Gasteiger partial charge in [0.05, 0.1) is 17.9 Å². The fourth-order valence-electron chi connectivity index (χ4n) is 2.48. The number of hydrogen-bond acceptors (Lipinski definition) is 5. The summed E-state index contributed by atoms with van der Waals surface area (Å²) in [6, 6.07) is 1.48. The summed E-state index contributed by atoms with van der Waals surface area (Å²) in [5.41, 5.74) is 0.152. The predicted molar refractivity (Wildman–Crippen MR) is 91.5 cm³/mol. The van der Waals surface area contributed by atoms with Gasteiger partial charge in [0.1, 0.15) is 5.69 Å². The van der Waals surface area contributed by atoms with Crippen molar-refractivity contribution in [1.82, 2.24) is 4.98 Å². The molecule has 10 heteroatoms. The molecule has 2 aromatic rings. The number of halogens is 3. The number of anilines is 1. The van der Waals surface area contributed by atoms with E-state index in [2.05, 4.69) is 4.98 Å². The van der Waals surface area contributed by atoms with Gasteiger partial charge in [0.15, 0.2) is 24.1 Å². The first-order valence-corrected chi connectivity index (χ1v) is 8.14. The Kier molecular flexibility index (Phi) is 6.45. The molecule has 0 spiro atoms. The third-order valence-corrected chi connectivity index (χ3v) is 3.76. The fourth-order valence-corrected chi connectivity index (χ4v) is 2.48. The lowest BCUT2D eigenvalue weighted by atomic mass is 10.1. The average Bonchev–Trinajstić information content (AvgIpc) is 2.95. The maximum Gasteiger partial charge on any atom is 0.355 e. The molecule has 1 heterocycles. The largest absolute Gasteiger partial charge is 0.461 e. The van der Waals surface area contributed by atoms with Crippen LogP contribution in [0.25, 0.3) is 0 Å². The second kappa shape index (κ2) is 8.59. The van der Waals surface area contributed by atoms with Crippen LogP contribution in [-0.4, -0.2) is 36.0 Å². The first-order chi connectivity index (χ1) is 13.2. The van der Waals surface area contributed by atoms with Crippen molar-refractivity contribution in [3.8, 4) is 0 Å². The van der Waals surface area contributed by atoms with Gasteiger partial charge in [-0.05, 0) is 38.5 Å². The summed E-state index contributed by atoms with van der Waals surface area (Å²) >= 11 is 0. The fraction of sp³-hybridized carbons (Fsp3) is 0.278. The highest BCUT2D eigenvalue weighted by Gasteiger charge is 2.24. The molecule has 1 aromatic carbocycles. The Morgan fingerprint density at radius 3 is 2.36 bits per heavy atom. The molecule has 0 saturated carbocycles. The third kappa shape index (κ3) is 4.33. The Morgan fingerprint density at radius 1 is 1.04 bits per heavy atom. The summed E-state index contributed by atoms with van der Waals surface area (Å²) in [7, 11) is 0. The first kappa shape index (κ1) is 21.0. The minimum atomic E-state index is -1.74. The van der Waals surface area contributed by atoms with E-state index in [-0.39, 0.29) is 23.4 Å². The number of ether oxygens (including phenoxy) is 2. The zero-order chi connectivity index (χ0) is 21.0. The highest BCUT2D eigenvalue weighted by atomic mass is 19.2. The van der Waals surface area contributed by atoms with Gasteiger partial charge in [-0.1, -0.05) is 0 Å². The van der Waals surface area contributed by atoms with E-state index in [1.165, 1.54) is 13.8 Å². The quantitative estimate of drug-likeness (QED) is 0.576. The molecule has 150 valence electrons. The second-order valence-electron chi connectivity index (χ2n) is 5.69. The molecule has 0 atom stereocenters. The number of H-pyrrole nitrogens is 1. The first-order valence-electron chi connectivity index (χ1n) is 8.14. The number of aromatic amines is 1. The van der Waals surface area contributed by atoms with Gasteiger partial charge in [-0.2, -0.15) is 0 Å². The number of nitrogens with one attached hydrogen (secondary N) is 2. The summed E-state index contributed by atoms with van der Waals surface area (Å²) < 4.78 is 49.3. The van der Waals surface area contributed by atoms with Gasteiger partial charge in [0, 0.05) is 5.69 Å². The molecule has 0 aliphatic carbocycles. The third-order valence-electron chi connectivity index (χ3n) is 3.76. The molecule has 2 rings (SSSR count). The second-order valence-corrected chi connectivity index (χ2v) is 5.69. The van der Waals surface area contributed by atoms with E-state index >= 15 is 0 Å². The van der Waals surface area contributed by atoms with Crippen LogP contribution in [0.1, 0.15) is 39.0 Å². The molecule has 0 aliphatic rings. The van der Waals surface area contributed by atoms with Crippen LogP contribution >= 0.6 is 0 Å². The van der Waals surface area contributed by atoms with E-state index in [1.54, 1.807) is 6.92 Å². The molecule has 2 N–H and O–H groups in total. The highest BCUT2D eigenvalue weighted by molar-refractivity contribution is 6.00. The SMILES string of the molecule is CCOC(=O)c1[nH]c(C)c(C(=O)OCC(=O)Nc2ccc(F)c(F)c2F)c1C. The van der Waals surface area contributed by atoms with Crippen LogP contribution < -0.4 is 5.32 Å². The lowest BCUT2D eigenvalue weighted by molar-refractivity contribution is -0.119. The average molecular weight is 398 g/mol. The number of aryl methyl sites for hydroxylation is 1. The molecule has 1 aromatic heterocycles. The molecular weight excluding hydrogens is 381 g/mol. The number of amides is 1. The molecule has 28 heavy (non-hydrogen) atoms. The van der Waals surface area contributed by atoms with Crippen LogP contribution in [0.3, 0.4) is 0 Å². The monoisotopic (exact) mass is 398 g/mol. The van der Waals surface area contributed by atoms with Gasteiger partial charge in [-0.3, -0.25) is 4.79 Å². The standard InChI is InChI=1S/C18H17F3N2O5/c1-4-27-18(26)16-8(2)13(9(3)22-16)17(25)28-7-12(24)23-11-6-5-10(19)14(20)15(11)21/h5-6,22H,4,7H2,1-3H3,(H,23,24). The van der Waals surface area contributed by atoms with Gasteiger partial charge in [0.25, 0.3) is 5.91 Å². The van der Waals surface area contributed by atoms with Crippen molar-refractivity contribution in [3.63, 3.8) is 0 Å². The van der Waals surface area contributed by atoms with Gasteiger partial charge >= 0.3 is 11.9 Å². The van der Waals surface area contributed by atoms with E-state index in [0.717, 1.165) is 6.07 Å².